The van der Waals surface area contributed by atoms with Crippen molar-refractivity contribution in [1.82, 2.24) is 15.2 Å². The molecule has 2 aromatic rings. The Bertz CT molecular complexity index is 792. The van der Waals surface area contributed by atoms with Gasteiger partial charge in [-0.1, -0.05) is 30.3 Å². The summed E-state index contributed by atoms with van der Waals surface area (Å²) in [6.45, 7) is 2.53. The Morgan fingerprint density at radius 1 is 1.18 bits per heavy atom. The number of hydrogen-bond acceptors (Lipinski definition) is 6. The second kappa shape index (κ2) is 10.2. The van der Waals surface area contributed by atoms with E-state index in [2.05, 4.69) is 39.5 Å². The molecule has 3 rings (SSSR count). The molecule has 7 heteroatoms. The highest BCUT2D eigenvalue weighted by Crippen LogP contribution is 2.18. The molecule has 6 nitrogen and oxygen atoms in total. The van der Waals surface area contributed by atoms with Crippen LogP contribution in [0.2, 0.25) is 0 Å². The van der Waals surface area contributed by atoms with Gasteiger partial charge in [-0.2, -0.15) is 0 Å². The first-order valence-corrected chi connectivity index (χ1v) is 10.6. The van der Waals surface area contributed by atoms with Crippen molar-refractivity contribution in [2.75, 3.05) is 26.0 Å². The van der Waals surface area contributed by atoms with Crippen molar-refractivity contribution >= 4 is 23.6 Å². The Labute approximate surface area is 169 Å². The highest BCUT2D eigenvalue weighted by Gasteiger charge is 2.21. The number of thioether (sulfide) groups is 1. The lowest BCUT2D eigenvalue weighted by atomic mass is 10.0. The van der Waals surface area contributed by atoms with Crippen LogP contribution in [0.15, 0.2) is 53.7 Å². The summed E-state index contributed by atoms with van der Waals surface area (Å²) in [5, 5.41) is 3.57. The molecule has 0 unspecified atom stereocenters. The molecule has 2 heterocycles. The van der Waals surface area contributed by atoms with Gasteiger partial charge in [0.1, 0.15) is 5.03 Å². The number of esters is 1. The third kappa shape index (κ3) is 5.81. The normalized spacial score (nSPS) is 15.2. The molecule has 148 valence electrons. The third-order valence-corrected chi connectivity index (χ3v) is 5.43. The van der Waals surface area contributed by atoms with Gasteiger partial charge in [0.05, 0.1) is 5.56 Å². The van der Waals surface area contributed by atoms with Gasteiger partial charge < -0.3 is 10.1 Å². The van der Waals surface area contributed by atoms with Crippen molar-refractivity contribution in [1.29, 1.82) is 0 Å². The van der Waals surface area contributed by atoms with E-state index >= 15 is 0 Å². The van der Waals surface area contributed by atoms with Gasteiger partial charge in [-0.15, -0.1) is 11.8 Å². The number of aromatic nitrogens is 1. The van der Waals surface area contributed by atoms with Crippen LogP contribution in [0.25, 0.3) is 0 Å². The number of nitrogens with one attached hydrogen (secondary N) is 1. The number of pyridine rings is 1. The first-order valence-electron chi connectivity index (χ1n) is 9.37. The largest absolute Gasteiger partial charge is 0.452 e. The molecule has 28 heavy (non-hydrogen) atoms. The molecular weight excluding hydrogens is 374 g/mol. The number of amides is 1. The van der Waals surface area contributed by atoms with Crippen molar-refractivity contribution in [3.63, 3.8) is 0 Å². The fourth-order valence-electron chi connectivity index (χ4n) is 3.26. The zero-order valence-electron chi connectivity index (χ0n) is 16.0. The lowest BCUT2D eigenvalue weighted by molar-refractivity contribution is -0.125. The van der Waals surface area contributed by atoms with Gasteiger partial charge in [-0.05, 0) is 36.8 Å². The van der Waals surface area contributed by atoms with Gasteiger partial charge >= 0.3 is 5.97 Å². The number of likely N-dealkylation sites (tertiary alicyclic amines) is 1. The summed E-state index contributed by atoms with van der Waals surface area (Å²) in [6.07, 6.45) is 5.26. The average molecular weight is 400 g/mol. The van der Waals surface area contributed by atoms with E-state index < -0.39 is 5.97 Å². The van der Waals surface area contributed by atoms with Crippen molar-refractivity contribution in [2.45, 2.75) is 30.5 Å². The van der Waals surface area contributed by atoms with Crippen LogP contribution in [0.4, 0.5) is 0 Å². The highest BCUT2D eigenvalue weighted by molar-refractivity contribution is 7.98. The quantitative estimate of drug-likeness (QED) is 0.570. The first kappa shape index (κ1) is 20.4. The molecule has 1 aromatic carbocycles. The van der Waals surface area contributed by atoms with Gasteiger partial charge in [0.15, 0.2) is 6.61 Å². The molecule has 1 fully saturated rings. The molecule has 0 aliphatic carbocycles. The van der Waals surface area contributed by atoms with Crippen molar-refractivity contribution in [2.24, 2.45) is 0 Å². The predicted octanol–water partition coefficient (Wildman–Crippen LogP) is 2.74. The van der Waals surface area contributed by atoms with Crippen LogP contribution in [-0.2, 0) is 16.1 Å². The highest BCUT2D eigenvalue weighted by atomic mass is 32.2. The molecule has 0 saturated carbocycles. The molecule has 1 saturated heterocycles. The number of ether oxygens (including phenoxy) is 1. The number of piperidine rings is 1. The van der Waals surface area contributed by atoms with Gasteiger partial charge in [0.2, 0.25) is 0 Å². The number of rotatable bonds is 7. The number of hydrogen-bond donors (Lipinski definition) is 1. The number of carbonyl (C=O) groups excluding carboxylic acids is 2. The van der Waals surface area contributed by atoms with E-state index in [9.17, 15) is 9.59 Å². The van der Waals surface area contributed by atoms with Gasteiger partial charge in [-0.3, -0.25) is 9.69 Å². The monoisotopic (exact) mass is 399 g/mol. The maximum atomic E-state index is 12.2. The third-order valence-electron chi connectivity index (χ3n) is 4.72. The molecular formula is C21H25N3O3S. The molecule has 1 aliphatic heterocycles. The summed E-state index contributed by atoms with van der Waals surface area (Å²) in [5.41, 5.74) is 1.69. The van der Waals surface area contributed by atoms with Gasteiger partial charge in [0, 0.05) is 31.9 Å². The van der Waals surface area contributed by atoms with E-state index in [4.69, 9.17) is 4.74 Å². The van der Waals surface area contributed by atoms with Crippen LogP contribution in [-0.4, -0.2) is 53.8 Å². The zero-order chi connectivity index (χ0) is 19.8. The lowest BCUT2D eigenvalue weighted by Gasteiger charge is -2.32. The first-order chi connectivity index (χ1) is 13.7. The van der Waals surface area contributed by atoms with Crippen molar-refractivity contribution < 1.29 is 14.3 Å². The standard InChI is InChI=1S/C21H25N3O3S/c1-28-20-18(8-5-11-22-20)21(26)27-15-19(25)23-17-9-12-24(13-10-17)14-16-6-3-2-4-7-16/h2-8,11,17H,9-10,12-15H2,1H3,(H,23,25). The number of benzene rings is 1. The van der Waals surface area contributed by atoms with E-state index in [1.807, 2.05) is 12.3 Å². The van der Waals surface area contributed by atoms with Crippen LogP contribution < -0.4 is 5.32 Å². The van der Waals surface area contributed by atoms with E-state index in [-0.39, 0.29) is 18.6 Å². The van der Waals surface area contributed by atoms with E-state index in [1.54, 1.807) is 18.3 Å². The maximum absolute atomic E-state index is 12.2. The number of carbonyl (C=O) groups is 2. The summed E-state index contributed by atoms with van der Waals surface area (Å²) in [7, 11) is 0. The summed E-state index contributed by atoms with van der Waals surface area (Å²) in [5.74, 6) is -0.783. The minimum absolute atomic E-state index is 0.123. The Morgan fingerprint density at radius 3 is 2.64 bits per heavy atom. The van der Waals surface area contributed by atoms with Crippen LogP contribution in [0.3, 0.4) is 0 Å². The minimum Gasteiger partial charge on any atom is -0.452 e. The molecule has 1 amide bonds. The molecule has 1 N–H and O–H groups in total. The molecule has 1 aromatic heterocycles. The molecule has 0 atom stereocenters. The van der Waals surface area contributed by atoms with Crippen LogP contribution in [0.1, 0.15) is 28.8 Å². The lowest BCUT2D eigenvalue weighted by Crippen LogP contribution is -2.45. The zero-order valence-corrected chi connectivity index (χ0v) is 16.8. The predicted molar refractivity (Wildman–Crippen MR) is 109 cm³/mol. The second-order valence-corrected chi connectivity index (χ2v) is 7.53. The topological polar surface area (TPSA) is 71.5 Å². The Hall–Kier alpha value is -2.38. The fourth-order valence-corrected chi connectivity index (χ4v) is 3.80. The minimum atomic E-state index is -0.523. The smallest absolute Gasteiger partial charge is 0.341 e. The van der Waals surface area contributed by atoms with Crippen molar-refractivity contribution in [3.8, 4) is 0 Å². The number of nitrogens with zero attached hydrogens (tertiary/aromatic N) is 2. The summed E-state index contributed by atoms with van der Waals surface area (Å²) >= 11 is 1.37. The Balaban J connectivity index is 1.39. The molecule has 0 spiro atoms. The summed E-state index contributed by atoms with van der Waals surface area (Å²) < 4.78 is 5.16. The van der Waals surface area contributed by atoms with Crippen molar-refractivity contribution in [3.05, 3.63) is 59.8 Å². The van der Waals surface area contributed by atoms with Crippen LogP contribution in [0.5, 0.6) is 0 Å². The van der Waals surface area contributed by atoms with E-state index in [0.29, 0.717) is 10.6 Å². The van der Waals surface area contributed by atoms with Gasteiger partial charge in [-0.25, -0.2) is 9.78 Å². The SMILES string of the molecule is CSc1ncccc1C(=O)OCC(=O)NC1CCN(Cc2ccccc2)CC1. The second-order valence-electron chi connectivity index (χ2n) is 6.74. The van der Waals surface area contributed by atoms with E-state index in [0.717, 1.165) is 32.5 Å². The van der Waals surface area contributed by atoms with Crippen LogP contribution in [0, 0.1) is 0 Å². The van der Waals surface area contributed by atoms with E-state index in [1.165, 1.54) is 17.3 Å². The Kier molecular flexibility index (Phi) is 7.45. The molecule has 1 aliphatic rings. The molecule has 0 bridgehead atoms. The van der Waals surface area contributed by atoms with Gasteiger partial charge in [0.25, 0.3) is 5.91 Å². The Morgan fingerprint density at radius 2 is 1.93 bits per heavy atom. The fraction of sp³-hybridized carbons (Fsp3) is 0.381. The molecule has 0 radical (unpaired) electrons. The maximum Gasteiger partial charge on any atom is 0.341 e. The summed E-state index contributed by atoms with van der Waals surface area (Å²) in [6, 6.07) is 13.8. The average Bonchev–Trinajstić information content (AvgIpc) is 2.74. The van der Waals surface area contributed by atoms with Crippen LogP contribution >= 0.6 is 11.8 Å². The summed E-state index contributed by atoms with van der Waals surface area (Å²) in [4.78, 5) is 30.9.